The first-order chi connectivity index (χ1) is 17.8. The Kier molecular flexibility index (Phi) is 6.20. The van der Waals surface area contributed by atoms with Crippen LogP contribution in [-0.2, 0) is 11.0 Å². The monoisotopic (exact) mass is 502 g/mol. The van der Waals surface area contributed by atoms with Gasteiger partial charge in [0.05, 0.1) is 28.0 Å². The lowest BCUT2D eigenvalue weighted by molar-refractivity contribution is -0.137. The number of hydrogen-bond donors (Lipinski definition) is 1. The molecule has 0 atom stereocenters. The number of amides is 1. The Bertz CT molecular complexity index is 1710. The molecule has 0 aliphatic rings. The highest BCUT2D eigenvalue weighted by atomic mass is 19.4. The number of carbonyl (C=O) groups is 1. The number of nitrogens with one attached hydrogen (secondary N) is 1. The zero-order valence-corrected chi connectivity index (χ0v) is 19.7. The van der Waals surface area contributed by atoms with E-state index in [1.54, 1.807) is 48.8 Å². The van der Waals surface area contributed by atoms with Crippen LogP contribution in [0.1, 0.15) is 25.3 Å². The molecule has 0 unspecified atom stereocenters. The third kappa shape index (κ3) is 4.67. The van der Waals surface area contributed by atoms with Crippen molar-refractivity contribution in [2.45, 2.75) is 25.9 Å². The highest BCUT2D eigenvalue weighted by molar-refractivity contribution is 6.06. The molecule has 0 bridgehead atoms. The molecule has 3 heterocycles. The van der Waals surface area contributed by atoms with Crippen LogP contribution in [-0.4, -0.2) is 20.4 Å². The number of halogens is 3. The number of anilines is 1. The molecule has 1 amide bonds. The highest BCUT2D eigenvalue weighted by Gasteiger charge is 2.30. The van der Waals surface area contributed by atoms with E-state index in [-0.39, 0.29) is 11.6 Å². The van der Waals surface area contributed by atoms with Crippen LogP contribution in [0.5, 0.6) is 0 Å². The molecular formula is C28H21F3N4O2. The van der Waals surface area contributed by atoms with Crippen molar-refractivity contribution in [3.8, 4) is 16.9 Å². The van der Waals surface area contributed by atoms with E-state index in [2.05, 4.69) is 15.3 Å². The number of benzene rings is 2. The Hall–Kier alpha value is -4.53. The summed E-state index contributed by atoms with van der Waals surface area (Å²) < 4.78 is 41.6. The van der Waals surface area contributed by atoms with Gasteiger partial charge in [0.1, 0.15) is 0 Å². The van der Waals surface area contributed by atoms with Gasteiger partial charge in [-0.2, -0.15) is 13.2 Å². The lowest BCUT2D eigenvalue weighted by Crippen LogP contribution is -2.18. The molecule has 0 fully saturated rings. The molecule has 0 aliphatic heterocycles. The van der Waals surface area contributed by atoms with Crippen molar-refractivity contribution in [3.05, 3.63) is 95.0 Å². The molecule has 2 aromatic carbocycles. The van der Waals surface area contributed by atoms with Crippen LogP contribution in [0, 0.1) is 0 Å². The summed E-state index contributed by atoms with van der Waals surface area (Å²) in [5.41, 5.74) is 1.44. The van der Waals surface area contributed by atoms with Crippen molar-refractivity contribution in [2.75, 3.05) is 5.32 Å². The van der Waals surface area contributed by atoms with E-state index in [1.807, 2.05) is 6.92 Å². The Morgan fingerprint density at radius 1 is 1.00 bits per heavy atom. The van der Waals surface area contributed by atoms with Gasteiger partial charge in [0, 0.05) is 46.9 Å². The fraction of sp³-hybridized carbons (Fsp3) is 0.143. The number of aromatic nitrogens is 3. The van der Waals surface area contributed by atoms with Crippen LogP contribution >= 0.6 is 0 Å². The van der Waals surface area contributed by atoms with E-state index in [9.17, 15) is 22.8 Å². The van der Waals surface area contributed by atoms with Gasteiger partial charge in [0.25, 0.3) is 5.56 Å². The Balaban J connectivity index is 1.76. The number of pyridine rings is 3. The minimum absolute atomic E-state index is 0.0914. The number of alkyl halides is 3. The second kappa shape index (κ2) is 9.50. The molecular weight excluding hydrogens is 481 g/mol. The standard InChI is InChI=1S/C28H21F3N4O2/c1-2-5-24(36)34-23-8-4-13-32-26(23)17-9-11-22-21(14-17)27-18(16-33-22)10-12-25(37)35(27)20-7-3-6-19(15-20)28(29,30)31/h3-4,6-16H,2,5H2,1H3,(H,34,36). The van der Waals surface area contributed by atoms with Crippen molar-refractivity contribution in [1.29, 1.82) is 0 Å². The van der Waals surface area contributed by atoms with Crippen LogP contribution < -0.4 is 10.9 Å². The molecule has 0 spiro atoms. The zero-order chi connectivity index (χ0) is 26.2. The van der Waals surface area contributed by atoms with Crippen LogP contribution in [0.15, 0.2) is 83.9 Å². The first-order valence-corrected chi connectivity index (χ1v) is 11.6. The Morgan fingerprint density at radius 3 is 2.62 bits per heavy atom. The topological polar surface area (TPSA) is 76.9 Å². The smallest absolute Gasteiger partial charge is 0.324 e. The minimum atomic E-state index is -4.56. The van der Waals surface area contributed by atoms with E-state index in [1.165, 1.54) is 22.8 Å². The fourth-order valence-electron chi connectivity index (χ4n) is 4.31. The van der Waals surface area contributed by atoms with Gasteiger partial charge < -0.3 is 5.32 Å². The quantitative estimate of drug-likeness (QED) is 0.284. The average molecular weight is 502 g/mol. The molecule has 1 N–H and O–H groups in total. The maximum Gasteiger partial charge on any atom is 0.416 e. The summed E-state index contributed by atoms with van der Waals surface area (Å²) in [6, 6.07) is 16.4. The summed E-state index contributed by atoms with van der Waals surface area (Å²) in [5, 5.41) is 4.02. The summed E-state index contributed by atoms with van der Waals surface area (Å²) >= 11 is 0. The SMILES string of the molecule is CCCC(=O)Nc1cccnc1-c1ccc2ncc3ccc(=O)n(-c4cccc(C(F)(F)F)c4)c3c2c1. The third-order valence-corrected chi connectivity index (χ3v) is 5.98. The molecule has 0 saturated carbocycles. The van der Waals surface area contributed by atoms with Gasteiger partial charge in [-0.1, -0.05) is 19.1 Å². The van der Waals surface area contributed by atoms with E-state index in [0.29, 0.717) is 51.6 Å². The van der Waals surface area contributed by atoms with E-state index >= 15 is 0 Å². The van der Waals surface area contributed by atoms with E-state index in [4.69, 9.17) is 0 Å². The van der Waals surface area contributed by atoms with Crippen LogP contribution in [0.4, 0.5) is 18.9 Å². The second-order valence-corrected chi connectivity index (χ2v) is 8.55. The number of nitrogens with zero attached hydrogens (tertiary/aromatic N) is 3. The molecule has 0 radical (unpaired) electrons. The van der Waals surface area contributed by atoms with Gasteiger partial charge in [-0.05, 0) is 55.0 Å². The lowest BCUT2D eigenvalue weighted by atomic mass is 10.0. The molecule has 5 rings (SSSR count). The minimum Gasteiger partial charge on any atom is -0.324 e. The summed E-state index contributed by atoms with van der Waals surface area (Å²) in [6.07, 6.45) is -0.308. The van der Waals surface area contributed by atoms with Gasteiger partial charge in [0.15, 0.2) is 0 Å². The maximum absolute atomic E-state index is 13.4. The Labute approximate surface area is 209 Å². The first kappa shape index (κ1) is 24.2. The molecule has 6 nitrogen and oxygen atoms in total. The van der Waals surface area contributed by atoms with Crippen molar-refractivity contribution in [2.24, 2.45) is 0 Å². The van der Waals surface area contributed by atoms with E-state index < -0.39 is 17.3 Å². The van der Waals surface area contributed by atoms with Crippen molar-refractivity contribution >= 4 is 33.4 Å². The largest absolute Gasteiger partial charge is 0.416 e. The fourth-order valence-corrected chi connectivity index (χ4v) is 4.31. The van der Waals surface area contributed by atoms with E-state index in [0.717, 1.165) is 12.1 Å². The summed E-state index contributed by atoms with van der Waals surface area (Å²) in [5.74, 6) is -0.136. The van der Waals surface area contributed by atoms with Crippen LogP contribution in [0.3, 0.4) is 0 Å². The van der Waals surface area contributed by atoms with Gasteiger partial charge in [-0.25, -0.2) is 0 Å². The predicted molar refractivity (Wildman–Crippen MR) is 137 cm³/mol. The molecule has 0 saturated heterocycles. The highest BCUT2D eigenvalue weighted by Crippen LogP contribution is 2.33. The molecule has 9 heteroatoms. The van der Waals surface area contributed by atoms with Gasteiger partial charge in [0.2, 0.25) is 5.91 Å². The summed E-state index contributed by atoms with van der Waals surface area (Å²) in [7, 11) is 0. The molecule has 0 aliphatic carbocycles. The van der Waals surface area contributed by atoms with Crippen molar-refractivity contribution in [3.63, 3.8) is 0 Å². The van der Waals surface area contributed by atoms with Gasteiger partial charge >= 0.3 is 6.18 Å². The summed E-state index contributed by atoms with van der Waals surface area (Å²) in [4.78, 5) is 34.2. The van der Waals surface area contributed by atoms with Crippen LogP contribution in [0.25, 0.3) is 38.8 Å². The second-order valence-electron chi connectivity index (χ2n) is 8.55. The molecule has 5 aromatic rings. The molecule has 37 heavy (non-hydrogen) atoms. The summed E-state index contributed by atoms with van der Waals surface area (Å²) in [6.45, 7) is 1.91. The zero-order valence-electron chi connectivity index (χ0n) is 19.7. The normalized spacial score (nSPS) is 11.7. The first-order valence-electron chi connectivity index (χ1n) is 11.6. The van der Waals surface area contributed by atoms with Crippen molar-refractivity contribution < 1.29 is 18.0 Å². The lowest BCUT2D eigenvalue weighted by Gasteiger charge is -2.15. The molecule has 186 valence electrons. The van der Waals surface area contributed by atoms with Gasteiger partial charge in [-0.3, -0.25) is 24.1 Å². The Morgan fingerprint density at radius 2 is 1.84 bits per heavy atom. The predicted octanol–water partition coefficient (Wildman–Crippen LogP) is 6.36. The third-order valence-electron chi connectivity index (χ3n) is 5.98. The maximum atomic E-state index is 13.4. The van der Waals surface area contributed by atoms with Gasteiger partial charge in [-0.15, -0.1) is 0 Å². The van der Waals surface area contributed by atoms with Crippen LogP contribution in [0.2, 0.25) is 0 Å². The average Bonchev–Trinajstić information content (AvgIpc) is 2.88. The van der Waals surface area contributed by atoms with Crippen molar-refractivity contribution in [1.82, 2.24) is 14.5 Å². The number of carbonyl (C=O) groups excluding carboxylic acids is 1. The molecule has 3 aromatic heterocycles. The number of rotatable bonds is 5. The number of hydrogen-bond acceptors (Lipinski definition) is 4. The number of fused-ring (bicyclic) bond motifs is 3.